The largest absolute Gasteiger partial charge is 0.497 e. The lowest BCUT2D eigenvalue weighted by Crippen LogP contribution is -1.80. The van der Waals surface area contributed by atoms with E-state index >= 15 is 0 Å². The van der Waals surface area contributed by atoms with Crippen LogP contribution in [0.15, 0.2) is 24.3 Å². The first-order chi connectivity index (χ1) is 5.74. The maximum Gasteiger partial charge on any atom is 0.482 e. The van der Waals surface area contributed by atoms with Gasteiger partial charge in [0.2, 0.25) is 0 Å². The molecule has 0 bridgehead atoms. The Bertz CT molecular complexity index is 198. The van der Waals surface area contributed by atoms with E-state index in [0.29, 0.717) is 0 Å². The number of hydrogen-bond donors (Lipinski definition) is 2. The van der Waals surface area contributed by atoms with Gasteiger partial charge < -0.3 is 14.8 Å². The van der Waals surface area contributed by atoms with Crippen molar-refractivity contribution in [3.8, 4) is 5.75 Å². The first-order valence-electron chi connectivity index (χ1n) is 3.45. The molecular formula is C8H12BO3. The first kappa shape index (κ1) is 11.0. The SMILES string of the molecule is COc1ccc(C)cc1.O[B]O. The lowest BCUT2D eigenvalue weighted by molar-refractivity contribution is 0.414. The molecule has 1 rings (SSSR count). The van der Waals surface area contributed by atoms with Crippen molar-refractivity contribution in [2.45, 2.75) is 6.92 Å². The van der Waals surface area contributed by atoms with Crippen molar-refractivity contribution in [2.75, 3.05) is 7.11 Å². The van der Waals surface area contributed by atoms with Gasteiger partial charge in [-0.3, -0.25) is 0 Å². The van der Waals surface area contributed by atoms with E-state index < -0.39 is 0 Å². The van der Waals surface area contributed by atoms with Gasteiger partial charge in [0.05, 0.1) is 7.11 Å². The fourth-order valence-corrected chi connectivity index (χ4v) is 0.674. The Morgan fingerprint density at radius 1 is 1.17 bits per heavy atom. The second kappa shape index (κ2) is 6.70. The maximum absolute atomic E-state index is 7.00. The molecule has 0 unspecified atom stereocenters. The summed E-state index contributed by atoms with van der Waals surface area (Å²) in [5.41, 5.74) is 1.26. The monoisotopic (exact) mass is 167 g/mol. The van der Waals surface area contributed by atoms with Crippen molar-refractivity contribution in [1.29, 1.82) is 0 Å². The molecule has 1 radical (unpaired) electrons. The Morgan fingerprint density at radius 2 is 1.58 bits per heavy atom. The molecule has 0 fully saturated rings. The number of rotatable bonds is 1. The molecule has 0 heterocycles. The summed E-state index contributed by atoms with van der Waals surface area (Å²) in [6, 6.07) is 7.96. The van der Waals surface area contributed by atoms with Crippen LogP contribution in [0.4, 0.5) is 0 Å². The highest BCUT2D eigenvalue weighted by Crippen LogP contribution is 2.09. The molecule has 0 saturated heterocycles. The number of benzene rings is 1. The van der Waals surface area contributed by atoms with E-state index in [1.807, 2.05) is 24.3 Å². The predicted molar refractivity (Wildman–Crippen MR) is 47.9 cm³/mol. The minimum Gasteiger partial charge on any atom is -0.497 e. The van der Waals surface area contributed by atoms with Crippen LogP contribution < -0.4 is 4.74 Å². The van der Waals surface area contributed by atoms with Crippen molar-refractivity contribution < 1.29 is 14.8 Å². The summed E-state index contributed by atoms with van der Waals surface area (Å²) in [7, 11) is 1.67. The van der Waals surface area contributed by atoms with E-state index in [-0.39, 0.29) is 7.69 Å². The van der Waals surface area contributed by atoms with E-state index in [1.165, 1.54) is 5.56 Å². The minimum absolute atomic E-state index is 0. The minimum atomic E-state index is 0. The van der Waals surface area contributed by atoms with Crippen LogP contribution in [0.5, 0.6) is 5.75 Å². The highest BCUT2D eigenvalue weighted by atomic mass is 16.5. The summed E-state index contributed by atoms with van der Waals surface area (Å²) in [4.78, 5) is 0. The molecule has 12 heavy (non-hydrogen) atoms. The molecule has 3 nitrogen and oxygen atoms in total. The van der Waals surface area contributed by atoms with E-state index in [9.17, 15) is 0 Å². The molecular weight excluding hydrogens is 155 g/mol. The van der Waals surface area contributed by atoms with Crippen LogP contribution >= 0.6 is 0 Å². The summed E-state index contributed by atoms with van der Waals surface area (Å²) >= 11 is 0. The molecule has 0 aromatic heterocycles. The highest BCUT2D eigenvalue weighted by Gasteiger charge is 1.85. The predicted octanol–water partition coefficient (Wildman–Crippen LogP) is 0.509. The van der Waals surface area contributed by atoms with Gasteiger partial charge >= 0.3 is 7.69 Å². The van der Waals surface area contributed by atoms with Crippen molar-refractivity contribution in [1.82, 2.24) is 0 Å². The normalized spacial score (nSPS) is 8.00. The summed E-state index contributed by atoms with van der Waals surface area (Å²) in [5.74, 6) is 0.917. The molecule has 1 aromatic carbocycles. The van der Waals surface area contributed by atoms with Crippen molar-refractivity contribution in [3.63, 3.8) is 0 Å². The van der Waals surface area contributed by atoms with Gasteiger partial charge in [-0.1, -0.05) is 17.7 Å². The van der Waals surface area contributed by atoms with Gasteiger partial charge in [0.25, 0.3) is 0 Å². The Kier molecular flexibility index (Phi) is 6.14. The Morgan fingerprint density at radius 3 is 1.92 bits per heavy atom. The number of ether oxygens (including phenoxy) is 1. The Hall–Kier alpha value is -0.995. The van der Waals surface area contributed by atoms with Crippen molar-refractivity contribution in [3.05, 3.63) is 29.8 Å². The summed E-state index contributed by atoms with van der Waals surface area (Å²) in [6.07, 6.45) is 0. The van der Waals surface area contributed by atoms with E-state index in [2.05, 4.69) is 6.92 Å². The molecule has 2 N–H and O–H groups in total. The number of hydrogen-bond acceptors (Lipinski definition) is 3. The summed E-state index contributed by atoms with van der Waals surface area (Å²) < 4.78 is 4.97. The standard InChI is InChI=1S/C8H10O.BH2O2/c1-7-3-5-8(9-2)6-4-7;2-1-3/h3-6H,1-2H3;2-3H. The maximum atomic E-state index is 7.00. The van der Waals surface area contributed by atoms with Gasteiger partial charge in [-0.15, -0.1) is 0 Å². The fraction of sp³-hybridized carbons (Fsp3) is 0.250. The zero-order chi connectivity index (χ0) is 9.40. The van der Waals surface area contributed by atoms with Crippen LogP contribution in [-0.2, 0) is 0 Å². The Balaban J connectivity index is 0.000000354. The molecule has 0 aliphatic heterocycles. The van der Waals surface area contributed by atoms with E-state index in [1.54, 1.807) is 7.11 Å². The molecule has 65 valence electrons. The third-order valence-corrected chi connectivity index (χ3v) is 1.26. The molecule has 4 heteroatoms. The zero-order valence-corrected chi connectivity index (χ0v) is 7.19. The second-order valence-corrected chi connectivity index (χ2v) is 2.13. The van der Waals surface area contributed by atoms with Crippen LogP contribution in [0.3, 0.4) is 0 Å². The molecule has 0 atom stereocenters. The van der Waals surface area contributed by atoms with E-state index in [0.717, 1.165) is 5.75 Å². The quantitative estimate of drug-likeness (QED) is 0.599. The molecule has 0 aliphatic rings. The van der Waals surface area contributed by atoms with Crippen molar-refractivity contribution in [2.24, 2.45) is 0 Å². The van der Waals surface area contributed by atoms with Gasteiger partial charge in [0.15, 0.2) is 0 Å². The topological polar surface area (TPSA) is 49.7 Å². The molecule has 1 aromatic rings. The summed E-state index contributed by atoms with van der Waals surface area (Å²) in [6.45, 7) is 2.06. The number of methoxy groups -OCH3 is 1. The average molecular weight is 167 g/mol. The third-order valence-electron chi connectivity index (χ3n) is 1.26. The first-order valence-corrected chi connectivity index (χ1v) is 3.45. The Labute approximate surface area is 72.9 Å². The fourth-order valence-electron chi connectivity index (χ4n) is 0.674. The molecule has 0 saturated carbocycles. The molecule has 0 aliphatic carbocycles. The zero-order valence-electron chi connectivity index (χ0n) is 7.19. The van der Waals surface area contributed by atoms with E-state index in [4.69, 9.17) is 14.8 Å². The van der Waals surface area contributed by atoms with Crippen molar-refractivity contribution >= 4 is 7.69 Å². The average Bonchev–Trinajstić information content (AvgIpc) is 2.07. The van der Waals surface area contributed by atoms with Gasteiger partial charge in [-0.25, -0.2) is 0 Å². The summed E-state index contributed by atoms with van der Waals surface area (Å²) in [5, 5.41) is 14.0. The lowest BCUT2D eigenvalue weighted by Gasteiger charge is -1.97. The third kappa shape index (κ3) is 4.76. The molecule has 0 spiro atoms. The van der Waals surface area contributed by atoms with Crippen LogP contribution in [-0.4, -0.2) is 24.8 Å². The van der Waals surface area contributed by atoms with Crippen LogP contribution in [0.1, 0.15) is 5.56 Å². The van der Waals surface area contributed by atoms with Crippen LogP contribution in [0.25, 0.3) is 0 Å². The second-order valence-electron chi connectivity index (χ2n) is 2.13. The lowest BCUT2D eigenvalue weighted by atomic mass is 10.2. The van der Waals surface area contributed by atoms with Gasteiger partial charge in [-0.2, -0.15) is 0 Å². The number of aryl methyl sites for hydroxylation is 1. The van der Waals surface area contributed by atoms with Crippen LogP contribution in [0.2, 0.25) is 0 Å². The van der Waals surface area contributed by atoms with Gasteiger partial charge in [0, 0.05) is 0 Å². The molecule has 0 amide bonds. The van der Waals surface area contributed by atoms with Crippen LogP contribution in [0, 0.1) is 6.92 Å². The van der Waals surface area contributed by atoms with Gasteiger partial charge in [-0.05, 0) is 19.1 Å². The smallest absolute Gasteiger partial charge is 0.482 e. The highest BCUT2D eigenvalue weighted by molar-refractivity contribution is 6.13. The van der Waals surface area contributed by atoms with Gasteiger partial charge in [0.1, 0.15) is 5.75 Å².